The van der Waals surface area contributed by atoms with Crippen LogP contribution in [-0.4, -0.2) is 0 Å². The zero-order valence-corrected chi connectivity index (χ0v) is 10.3. The van der Waals surface area contributed by atoms with Crippen molar-refractivity contribution in [1.82, 2.24) is 0 Å². The first-order valence-electron chi connectivity index (χ1n) is 4.70. The minimum Gasteiger partial charge on any atom is -0.0784 e. The number of alkyl halides is 3. The summed E-state index contributed by atoms with van der Waals surface area (Å²) in [7, 11) is 0. The fourth-order valence-electron chi connectivity index (χ4n) is 1.28. The van der Waals surface area contributed by atoms with Crippen LogP contribution in [0.5, 0.6) is 0 Å². The van der Waals surface area contributed by atoms with Gasteiger partial charge in [-0.2, -0.15) is 0 Å². The number of benzene rings is 1. The minimum absolute atomic E-state index is 0.746. The summed E-state index contributed by atoms with van der Waals surface area (Å²) in [5, 5.41) is 0. The normalized spacial score (nSPS) is 11.7. The van der Waals surface area contributed by atoms with Crippen LogP contribution in [0.4, 0.5) is 0 Å². The molecule has 0 amide bonds. The van der Waals surface area contributed by atoms with E-state index >= 15 is 0 Å². The first kappa shape index (κ1) is 12.2. The van der Waals surface area contributed by atoms with Crippen LogP contribution in [-0.2, 0) is 10.2 Å². The molecule has 1 aromatic carbocycles. The molecule has 1 aromatic rings. The minimum atomic E-state index is -1.30. The summed E-state index contributed by atoms with van der Waals surface area (Å²) >= 11 is 17.4. The third-order valence-corrected chi connectivity index (χ3v) is 2.73. The molecule has 0 saturated heterocycles. The van der Waals surface area contributed by atoms with Crippen LogP contribution < -0.4 is 0 Å². The highest BCUT2D eigenvalue weighted by molar-refractivity contribution is 6.66. The van der Waals surface area contributed by atoms with Gasteiger partial charge in [-0.05, 0) is 18.4 Å². The topological polar surface area (TPSA) is 0 Å². The molecule has 0 aliphatic rings. The molecule has 0 aliphatic carbocycles. The van der Waals surface area contributed by atoms with Gasteiger partial charge >= 0.3 is 0 Å². The van der Waals surface area contributed by atoms with Gasteiger partial charge in [0.2, 0.25) is 3.79 Å². The average molecular weight is 252 g/mol. The SMILES string of the molecule is CCCCc1cccc(C(Cl)(Cl)Cl)c1. The van der Waals surface area contributed by atoms with Crippen molar-refractivity contribution < 1.29 is 0 Å². The van der Waals surface area contributed by atoms with E-state index in [9.17, 15) is 0 Å². The number of hydrogen-bond acceptors (Lipinski definition) is 0. The predicted octanol–water partition coefficient (Wildman–Crippen LogP) is 4.86. The molecule has 0 nitrogen and oxygen atoms in total. The van der Waals surface area contributed by atoms with E-state index < -0.39 is 3.79 Å². The molecular weight excluding hydrogens is 238 g/mol. The van der Waals surface area contributed by atoms with Gasteiger partial charge < -0.3 is 0 Å². The van der Waals surface area contributed by atoms with Gasteiger partial charge in [0.1, 0.15) is 0 Å². The van der Waals surface area contributed by atoms with Crippen LogP contribution in [0.15, 0.2) is 24.3 Å². The van der Waals surface area contributed by atoms with Gasteiger partial charge in [-0.3, -0.25) is 0 Å². The van der Waals surface area contributed by atoms with Gasteiger partial charge in [0.05, 0.1) is 0 Å². The van der Waals surface area contributed by atoms with Gasteiger partial charge in [-0.15, -0.1) is 0 Å². The van der Waals surface area contributed by atoms with Crippen molar-refractivity contribution in [2.75, 3.05) is 0 Å². The zero-order valence-electron chi connectivity index (χ0n) is 8.06. The lowest BCUT2D eigenvalue weighted by Crippen LogP contribution is -2.00. The van der Waals surface area contributed by atoms with Crippen molar-refractivity contribution in [2.45, 2.75) is 30.0 Å². The van der Waals surface area contributed by atoms with Gasteiger partial charge in [0.25, 0.3) is 0 Å². The number of rotatable bonds is 3. The maximum atomic E-state index is 5.80. The predicted molar refractivity (Wildman–Crippen MR) is 64.3 cm³/mol. The Morgan fingerprint density at radius 3 is 2.50 bits per heavy atom. The monoisotopic (exact) mass is 250 g/mol. The highest BCUT2D eigenvalue weighted by Gasteiger charge is 2.22. The Hall–Kier alpha value is 0.0900. The van der Waals surface area contributed by atoms with Gasteiger partial charge in [0.15, 0.2) is 0 Å². The van der Waals surface area contributed by atoms with E-state index in [1.807, 2.05) is 18.2 Å². The van der Waals surface area contributed by atoms with Crippen molar-refractivity contribution in [3.8, 4) is 0 Å². The largest absolute Gasteiger partial charge is 0.216 e. The molecule has 0 saturated carbocycles. The summed E-state index contributed by atoms with van der Waals surface area (Å²) in [4.78, 5) is 0. The van der Waals surface area contributed by atoms with Gasteiger partial charge in [-0.25, -0.2) is 0 Å². The third-order valence-electron chi connectivity index (χ3n) is 2.07. The van der Waals surface area contributed by atoms with E-state index in [1.165, 1.54) is 18.4 Å². The van der Waals surface area contributed by atoms with Gasteiger partial charge in [-0.1, -0.05) is 72.4 Å². The molecule has 0 radical (unpaired) electrons. The van der Waals surface area contributed by atoms with Crippen molar-refractivity contribution in [2.24, 2.45) is 0 Å². The number of unbranched alkanes of at least 4 members (excludes halogenated alkanes) is 1. The second-order valence-electron chi connectivity index (χ2n) is 3.30. The molecule has 3 heteroatoms. The molecule has 0 heterocycles. The lowest BCUT2D eigenvalue weighted by Gasteiger charge is -2.12. The number of aryl methyl sites for hydroxylation is 1. The van der Waals surface area contributed by atoms with E-state index in [0.29, 0.717) is 0 Å². The standard InChI is InChI=1S/C11H13Cl3/c1-2-3-5-9-6-4-7-10(8-9)11(12,13)14/h4,6-8H,2-3,5H2,1H3. The molecule has 0 unspecified atom stereocenters. The maximum absolute atomic E-state index is 5.80. The second kappa shape index (κ2) is 5.25. The quantitative estimate of drug-likeness (QED) is 0.673. The smallest absolute Gasteiger partial charge is 0.0784 e. The molecule has 0 atom stereocenters. The van der Waals surface area contributed by atoms with Gasteiger partial charge in [0, 0.05) is 5.56 Å². The molecular formula is C11H13Cl3. The molecule has 14 heavy (non-hydrogen) atoms. The van der Waals surface area contributed by atoms with E-state index in [-0.39, 0.29) is 0 Å². The summed E-state index contributed by atoms with van der Waals surface area (Å²) in [6.07, 6.45) is 3.40. The van der Waals surface area contributed by atoms with E-state index in [0.717, 1.165) is 12.0 Å². The summed E-state index contributed by atoms with van der Waals surface area (Å²) < 4.78 is -1.30. The third kappa shape index (κ3) is 3.68. The fourth-order valence-corrected chi connectivity index (χ4v) is 1.64. The van der Waals surface area contributed by atoms with Crippen LogP contribution in [0.1, 0.15) is 30.9 Å². The Balaban J connectivity index is 2.79. The van der Waals surface area contributed by atoms with E-state index in [2.05, 4.69) is 13.0 Å². The second-order valence-corrected chi connectivity index (χ2v) is 5.58. The number of halogens is 3. The van der Waals surface area contributed by atoms with Crippen molar-refractivity contribution >= 4 is 34.8 Å². The molecule has 0 fully saturated rings. The molecule has 0 aliphatic heterocycles. The van der Waals surface area contributed by atoms with E-state index in [1.54, 1.807) is 0 Å². The Kier molecular flexibility index (Phi) is 4.56. The number of hydrogen-bond donors (Lipinski definition) is 0. The Bertz CT molecular complexity index is 289. The molecule has 78 valence electrons. The zero-order chi connectivity index (χ0) is 10.6. The Labute approximate surface area is 100 Å². The fraction of sp³-hybridized carbons (Fsp3) is 0.455. The van der Waals surface area contributed by atoms with Crippen molar-refractivity contribution in [1.29, 1.82) is 0 Å². The molecule has 0 bridgehead atoms. The summed E-state index contributed by atoms with van der Waals surface area (Å²) in [6.45, 7) is 2.17. The first-order chi connectivity index (χ1) is 6.54. The van der Waals surface area contributed by atoms with E-state index in [4.69, 9.17) is 34.8 Å². The molecule has 0 aromatic heterocycles. The van der Waals surface area contributed by atoms with Crippen LogP contribution in [0.25, 0.3) is 0 Å². The molecule has 1 rings (SSSR count). The highest BCUT2D eigenvalue weighted by Crippen LogP contribution is 2.38. The van der Waals surface area contributed by atoms with Crippen molar-refractivity contribution in [3.05, 3.63) is 35.4 Å². The lowest BCUT2D eigenvalue weighted by atomic mass is 10.1. The summed E-state index contributed by atoms with van der Waals surface area (Å²) in [5.74, 6) is 0. The molecule has 0 spiro atoms. The maximum Gasteiger partial charge on any atom is 0.216 e. The summed E-state index contributed by atoms with van der Waals surface area (Å²) in [6, 6.07) is 7.79. The van der Waals surface area contributed by atoms with Crippen LogP contribution >= 0.6 is 34.8 Å². The summed E-state index contributed by atoms with van der Waals surface area (Å²) in [5.41, 5.74) is 1.98. The van der Waals surface area contributed by atoms with Crippen LogP contribution in [0.3, 0.4) is 0 Å². The average Bonchev–Trinajstić information content (AvgIpc) is 2.14. The lowest BCUT2D eigenvalue weighted by molar-refractivity contribution is 0.794. The highest BCUT2D eigenvalue weighted by atomic mass is 35.6. The van der Waals surface area contributed by atoms with Crippen LogP contribution in [0.2, 0.25) is 0 Å². The Morgan fingerprint density at radius 1 is 1.21 bits per heavy atom. The van der Waals surface area contributed by atoms with Crippen molar-refractivity contribution in [3.63, 3.8) is 0 Å². The van der Waals surface area contributed by atoms with Crippen LogP contribution in [0, 0.1) is 0 Å². The Morgan fingerprint density at radius 2 is 1.93 bits per heavy atom. The molecule has 0 N–H and O–H groups in total. The first-order valence-corrected chi connectivity index (χ1v) is 5.83.